The molecule has 6 heteroatoms. The lowest BCUT2D eigenvalue weighted by molar-refractivity contribution is -0.116. The smallest absolute Gasteiger partial charge is 0.252 e. The average Bonchev–Trinajstić information content (AvgIpc) is 3.02. The van der Waals surface area contributed by atoms with Crippen molar-refractivity contribution in [2.45, 2.75) is 13.3 Å². The first-order valence-electron chi connectivity index (χ1n) is 6.77. The largest absolute Gasteiger partial charge is 0.351 e. The SMILES string of the molecule is CC(=O)c1ccc(NC(=O)CCNC(=O)c2ccsc2)cc1. The molecule has 0 aliphatic rings. The first-order valence-corrected chi connectivity index (χ1v) is 7.72. The van der Waals surface area contributed by atoms with Crippen LogP contribution in [0.25, 0.3) is 0 Å². The highest BCUT2D eigenvalue weighted by Gasteiger charge is 2.07. The highest BCUT2D eigenvalue weighted by molar-refractivity contribution is 7.08. The molecule has 2 N–H and O–H groups in total. The van der Waals surface area contributed by atoms with Crippen molar-refractivity contribution in [1.82, 2.24) is 5.32 Å². The molecule has 0 saturated heterocycles. The summed E-state index contributed by atoms with van der Waals surface area (Å²) in [6, 6.07) is 8.42. The van der Waals surface area contributed by atoms with Crippen LogP contribution in [-0.2, 0) is 4.79 Å². The Balaban J connectivity index is 1.76. The zero-order chi connectivity index (χ0) is 15.9. The molecule has 2 amide bonds. The number of anilines is 1. The lowest BCUT2D eigenvalue weighted by Gasteiger charge is -2.06. The van der Waals surface area contributed by atoms with Crippen molar-refractivity contribution in [3.8, 4) is 0 Å². The average molecular weight is 316 g/mol. The minimum Gasteiger partial charge on any atom is -0.351 e. The van der Waals surface area contributed by atoms with Crippen LogP contribution in [0.2, 0.25) is 0 Å². The Morgan fingerprint density at radius 1 is 1.05 bits per heavy atom. The second kappa shape index (κ2) is 7.51. The highest BCUT2D eigenvalue weighted by Crippen LogP contribution is 2.10. The van der Waals surface area contributed by atoms with Crippen molar-refractivity contribution in [2.24, 2.45) is 0 Å². The summed E-state index contributed by atoms with van der Waals surface area (Å²) in [5.74, 6) is -0.393. The van der Waals surface area contributed by atoms with Gasteiger partial charge in [0.05, 0.1) is 0 Å². The van der Waals surface area contributed by atoms with Crippen LogP contribution >= 0.6 is 11.3 Å². The number of rotatable bonds is 6. The molecule has 0 aliphatic heterocycles. The third-order valence-electron chi connectivity index (χ3n) is 3.00. The van der Waals surface area contributed by atoms with Crippen LogP contribution in [0.3, 0.4) is 0 Å². The summed E-state index contributed by atoms with van der Waals surface area (Å²) in [5, 5.41) is 8.99. The third-order valence-corrected chi connectivity index (χ3v) is 3.68. The predicted octanol–water partition coefficient (Wildman–Crippen LogP) is 2.71. The molecule has 1 aromatic carbocycles. The van der Waals surface area contributed by atoms with Crippen LogP contribution in [0, 0.1) is 0 Å². The topological polar surface area (TPSA) is 75.3 Å². The molecule has 0 fully saturated rings. The van der Waals surface area contributed by atoms with Crippen LogP contribution in [0.4, 0.5) is 5.69 Å². The maximum Gasteiger partial charge on any atom is 0.252 e. The number of benzene rings is 1. The predicted molar refractivity (Wildman–Crippen MR) is 86.3 cm³/mol. The van der Waals surface area contributed by atoms with Gasteiger partial charge in [-0.15, -0.1) is 0 Å². The standard InChI is InChI=1S/C16H16N2O3S/c1-11(19)12-2-4-14(5-3-12)18-15(20)6-8-17-16(21)13-7-9-22-10-13/h2-5,7,9-10H,6,8H2,1H3,(H,17,21)(H,18,20). The number of ketones is 1. The molecular weight excluding hydrogens is 300 g/mol. The van der Waals surface area contributed by atoms with E-state index in [1.165, 1.54) is 18.3 Å². The van der Waals surface area contributed by atoms with Crippen molar-refractivity contribution in [2.75, 3.05) is 11.9 Å². The van der Waals surface area contributed by atoms with Gasteiger partial charge in [0.2, 0.25) is 5.91 Å². The summed E-state index contributed by atoms with van der Waals surface area (Å²) in [6.07, 6.45) is 0.185. The zero-order valence-electron chi connectivity index (χ0n) is 12.1. The molecule has 0 bridgehead atoms. The van der Waals surface area contributed by atoms with E-state index >= 15 is 0 Å². The van der Waals surface area contributed by atoms with Gasteiger partial charge >= 0.3 is 0 Å². The van der Waals surface area contributed by atoms with Gasteiger partial charge in [-0.25, -0.2) is 0 Å². The molecule has 0 radical (unpaired) electrons. The molecule has 114 valence electrons. The number of hydrogen-bond acceptors (Lipinski definition) is 4. The van der Waals surface area contributed by atoms with E-state index in [0.29, 0.717) is 16.8 Å². The van der Waals surface area contributed by atoms with Crippen molar-refractivity contribution >= 4 is 34.6 Å². The van der Waals surface area contributed by atoms with Crippen LogP contribution < -0.4 is 10.6 Å². The minimum atomic E-state index is -0.193. The fourth-order valence-corrected chi connectivity index (χ4v) is 2.43. The lowest BCUT2D eigenvalue weighted by Crippen LogP contribution is -2.27. The fraction of sp³-hybridized carbons (Fsp3) is 0.188. The van der Waals surface area contributed by atoms with Gasteiger partial charge < -0.3 is 10.6 Å². The maximum atomic E-state index is 11.8. The molecule has 0 atom stereocenters. The third kappa shape index (κ3) is 4.53. The summed E-state index contributed by atoms with van der Waals surface area (Å²) in [5.41, 5.74) is 1.82. The van der Waals surface area contributed by atoms with Crippen molar-refractivity contribution in [1.29, 1.82) is 0 Å². The van der Waals surface area contributed by atoms with E-state index in [9.17, 15) is 14.4 Å². The van der Waals surface area contributed by atoms with Crippen LogP contribution in [0.5, 0.6) is 0 Å². The second-order valence-corrected chi connectivity index (χ2v) is 5.48. The number of nitrogens with one attached hydrogen (secondary N) is 2. The normalized spacial score (nSPS) is 10.0. The first kappa shape index (κ1) is 15.9. The number of hydrogen-bond donors (Lipinski definition) is 2. The van der Waals surface area contributed by atoms with E-state index < -0.39 is 0 Å². The fourth-order valence-electron chi connectivity index (χ4n) is 1.80. The Bertz CT molecular complexity index is 663. The molecule has 1 heterocycles. The van der Waals surface area contributed by atoms with E-state index in [1.54, 1.807) is 35.7 Å². The number of amides is 2. The number of carbonyl (C=O) groups is 3. The number of carbonyl (C=O) groups excluding carboxylic acids is 3. The van der Waals surface area contributed by atoms with Crippen molar-refractivity contribution < 1.29 is 14.4 Å². The van der Waals surface area contributed by atoms with E-state index in [4.69, 9.17) is 0 Å². The van der Waals surface area contributed by atoms with E-state index in [1.807, 2.05) is 5.38 Å². The van der Waals surface area contributed by atoms with Crippen molar-refractivity contribution in [3.63, 3.8) is 0 Å². The maximum absolute atomic E-state index is 11.8. The summed E-state index contributed by atoms with van der Waals surface area (Å²) in [7, 11) is 0. The molecule has 0 aliphatic carbocycles. The van der Waals surface area contributed by atoms with Gasteiger partial charge in [0.15, 0.2) is 5.78 Å². The summed E-state index contributed by atoms with van der Waals surface area (Å²) in [4.78, 5) is 34.6. The Morgan fingerprint density at radius 2 is 1.77 bits per heavy atom. The van der Waals surface area contributed by atoms with Gasteiger partial charge in [-0.3, -0.25) is 14.4 Å². The van der Waals surface area contributed by atoms with Gasteiger partial charge in [0.25, 0.3) is 5.91 Å². The van der Waals surface area contributed by atoms with Crippen LogP contribution in [0.1, 0.15) is 34.1 Å². The molecule has 22 heavy (non-hydrogen) atoms. The summed E-state index contributed by atoms with van der Waals surface area (Å²) >= 11 is 1.45. The number of Topliss-reactive ketones (excluding diaryl/α,β-unsaturated/α-hetero) is 1. The molecule has 1 aromatic heterocycles. The van der Waals surface area contributed by atoms with Gasteiger partial charge in [-0.2, -0.15) is 11.3 Å². The lowest BCUT2D eigenvalue weighted by atomic mass is 10.1. The zero-order valence-corrected chi connectivity index (χ0v) is 12.9. The Kier molecular flexibility index (Phi) is 5.43. The first-order chi connectivity index (χ1) is 10.6. The van der Waals surface area contributed by atoms with Crippen LogP contribution in [-0.4, -0.2) is 24.1 Å². The minimum absolute atomic E-state index is 0.0194. The molecule has 0 unspecified atom stereocenters. The Hall–Kier alpha value is -2.47. The molecule has 0 spiro atoms. The van der Waals surface area contributed by atoms with Gasteiger partial charge in [0, 0.05) is 35.2 Å². The summed E-state index contributed by atoms with van der Waals surface area (Å²) in [6.45, 7) is 1.76. The Morgan fingerprint density at radius 3 is 2.36 bits per heavy atom. The molecule has 0 saturated carbocycles. The van der Waals surface area contributed by atoms with Gasteiger partial charge in [-0.1, -0.05) is 0 Å². The van der Waals surface area contributed by atoms with Gasteiger partial charge in [0.1, 0.15) is 0 Å². The molecule has 2 rings (SSSR count). The highest BCUT2D eigenvalue weighted by atomic mass is 32.1. The van der Waals surface area contributed by atoms with Crippen molar-refractivity contribution in [3.05, 3.63) is 52.2 Å². The quantitative estimate of drug-likeness (QED) is 0.805. The molecular formula is C16H16N2O3S. The molecule has 2 aromatic rings. The Labute approximate surface area is 132 Å². The van der Waals surface area contributed by atoms with Crippen LogP contribution in [0.15, 0.2) is 41.1 Å². The molecule has 5 nitrogen and oxygen atoms in total. The summed E-state index contributed by atoms with van der Waals surface area (Å²) < 4.78 is 0. The van der Waals surface area contributed by atoms with Gasteiger partial charge in [-0.05, 0) is 42.6 Å². The number of thiophene rings is 1. The van der Waals surface area contributed by atoms with E-state index in [2.05, 4.69) is 10.6 Å². The van der Waals surface area contributed by atoms with E-state index in [0.717, 1.165) is 0 Å². The second-order valence-electron chi connectivity index (χ2n) is 4.70. The van der Waals surface area contributed by atoms with E-state index in [-0.39, 0.29) is 30.6 Å². The monoisotopic (exact) mass is 316 g/mol.